The van der Waals surface area contributed by atoms with Crippen LogP contribution in [0, 0.1) is 5.92 Å². The lowest BCUT2D eigenvalue weighted by molar-refractivity contribution is -0.143. The van der Waals surface area contributed by atoms with Gasteiger partial charge >= 0.3 is 17.9 Å². The van der Waals surface area contributed by atoms with Gasteiger partial charge in [-0.2, -0.15) is 0 Å². The number of amides is 3. The van der Waals surface area contributed by atoms with E-state index >= 15 is 0 Å². The topological polar surface area (TPSA) is 225 Å². The molecular formula is C17H28N4O9. The van der Waals surface area contributed by atoms with Crippen molar-refractivity contribution < 1.29 is 44.1 Å². The van der Waals surface area contributed by atoms with E-state index in [1.54, 1.807) is 13.8 Å². The number of carboxylic acids is 3. The molecule has 0 spiro atoms. The van der Waals surface area contributed by atoms with Crippen molar-refractivity contribution in [3.8, 4) is 0 Å². The molecule has 170 valence electrons. The number of hydrogen-bond donors (Lipinski definition) is 7. The fourth-order valence-electron chi connectivity index (χ4n) is 2.27. The third-order valence-corrected chi connectivity index (χ3v) is 3.99. The second kappa shape index (κ2) is 12.4. The monoisotopic (exact) mass is 432 g/mol. The van der Waals surface area contributed by atoms with Gasteiger partial charge in [0.2, 0.25) is 17.7 Å². The molecule has 4 unspecified atom stereocenters. The van der Waals surface area contributed by atoms with E-state index in [1.807, 2.05) is 0 Å². The summed E-state index contributed by atoms with van der Waals surface area (Å²) in [6.07, 6.45) is -1.55. The van der Waals surface area contributed by atoms with Crippen LogP contribution in [0.2, 0.25) is 0 Å². The van der Waals surface area contributed by atoms with E-state index in [1.165, 1.54) is 6.92 Å². The van der Waals surface area contributed by atoms with Gasteiger partial charge in [-0.15, -0.1) is 0 Å². The molecule has 0 aliphatic carbocycles. The molecule has 0 aromatic heterocycles. The van der Waals surface area contributed by atoms with Gasteiger partial charge in [0, 0.05) is 6.42 Å². The summed E-state index contributed by atoms with van der Waals surface area (Å²) in [5.74, 6) is -6.95. The first-order valence-electron chi connectivity index (χ1n) is 9.09. The van der Waals surface area contributed by atoms with Crippen molar-refractivity contribution in [2.24, 2.45) is 11.7 Å². The number of carbonyl (C=O) groups is 6. The summed E-state index contributed by atoms with van der Waals surface area (Å²) >= 11 is 0. The van der Waals surface area contributed by atoms with Gasteiger partial charge in [0.1, 0.15) is 18.1 Å². The van der Waals surface area contributed by atoms with Gasteiger partial charge in [0.15, 0.2) is 0 Å². The SMILES string of the molecule is CC(NC(=O)C(CCC(=O)O)NC(=O)C(N)CC(=O)O)C(=O)NC(C(=O)O)C(C)C. The molecule has 0 heterocycles. The molecule has 8 N–H and O–H groups in total. The molecule has 3 amide bonds. The zero-order valence-electron chi connectivity index (χ0n) is 16.9. The van der Waals surface area contributed by atoms with Gasteiger partial charge in [-0.25, -0.2) is 4.79 Å². The molecule has 13 nitrogen and oxygen atoms in total. The van der Waals surface area contributed by atoms with Gasteiger partial charge < -0.3 is 37.0 Å². The van der Waals surface area contributed by atoms with Crippen molar-refractivity contribution in [3.05, 3.63) is 0 Å². The van der Waals surface area contributed by atoms with Crippen LogP contribution in [0.5, 0.6) is 0 Å². The highest BCUT2D eigenvalue weighted by Crippen LogP contribution is 2.04. The van der Waals surface area contributed by atoms with Crippen molar-refractivity contribution >= 4 is 35.6 Å². The maximum atomic E-state index is 12.4. The van der Waals surface area contributed by atoms with Crippen LogP contribution in [0.15, 0.2) is 0 Å². The quantitative estimate of drug-likeness (QED) is 0.167. The Morgan fingerprint density at radius 3 is 1.80 bits per heavy atom. The third kappa shape index (κ3) is 9.82. The highest BCUT2D eigenvalue weighted by Gasteiger charge is 2.30. The predicted molar refractivity (Wildman–Crippen MR) is 101 cm³/mol. The van der Waals surface area contributed by atoms with E-state index in [9.17, 15) is 28.8 Å². The van der Waals surface area contributed by atoms with E-state index in [-0.39, 0.29) is 6.42 Å². The number of nitrogens with one attached hydrogen (secondary N) is 3. The molecule has 30 heavy (non-hydrogen) atoms. The van der Waals surface area contributed by atoms with Crippen LogP contribution >= 0.6 is 0 Å². The smallest absolute Gasteiger partial charge is 0.326 e. The minimum absolute atomic E-state index is 0.342. The summed E-state index contributed by atoms with van der Waals surface area (Å²) in [4.78, 5) is 69.2. The first-order valence-corrected chi connectivity index (χ1v) is 9.09. The standard InChI is InChI=1S/C17H28N4O9/c1-7(2)13(17(29)30)21-14(26)8(3)19-16(28)10(4-5-11(22)23)20-15(27)9(18)6-12(24)25/h7-10,13H,4-6,18H2,1-3H3,(H,19,28)(H,20,27)(H,21,26)(H,22,23)(H,24,25)(H,29,30). The Morgan fingerprint density at radius 2 is 1.37 bits per heavy atom. The molecule has 0 aliphatic rings. The Kier molecular flexibility index (Phi) is 11.0. The van der Waals surface area contributed by atoms with Crippen molar-refractivity contribution in [2.45, 2.75) is 64.2 Å². The van der Waals surface area contributed by atoms with E-state index in [0.717, 1.165) is 0 Å². The summed E-state index contributed by atoms with van der Waals surface area (Å²) in [5.41, 5.74) is 5.42. The number of carboxylic acid groups (broad SMARTS) is 3. The Hall–Kier alpha value is -3.22. The molecule has 0 aliphatic heterocycles. The van der Waals surface area contributed by atoms with E-state index < -0.39 is 78.6 Å². The van der Waals surface area contributed by atoms with Gasteiger partial charge in [0.25, 0.3) is 0 Å². The fraction of sp³-hybridized carbons (Fsp3) is 0.647. The molecule has 0 saturated carbocycles. The van der Waals surface area contributed by atoms with Crippen LogP contribution in [0.25, 0.3) is 0 Å². The molecule has 0 bridgehead atoms. The van der Waals surface area contributed by atoms with Crippen LogP contribution in [-0.2, 0) is 28.8 Å². The Labute approximate surface area is 172 Å². The number of nitrogens with two attached hydrogens (primary N) is 1. The lowest BCUT2D eigenvalue weighted by Gasteiger charge is -2.24. The first-order chi connectivity index (χ1) is 13.8. The second-order valence-corrected chi connectivity index (χ2v) is 7.00. The second-order valence-electron chi connectivity index (χ2n) is 7.00. The summed E-state index contributed by atoms with van der Waals surface area (Å²) in [5, 5.41) is 33.3. The number of hydrogen-bond acceptors (Lipinski definition) is 7. The minimum Gasteiger partial charge on any atom is -0.481 e. The van der Waals surface area contributed by atoms with E-state index in [2.05, 4.69) is 16.0 Å². The fourth-order valence-corrected chi connectivity index (χ4v) is 2.27. The van der Waals surface area contributed by atoms with Gasteiger partial charge in [0.05, 0.1) is 12.5 Å². The average molecular weight is 432 g/mol. The van der Waals surface area contributed by atoms with Gasteiger partial charge in [-0.3, -0.25) is 24.0 Å². The van der Waals surface area contributed by atoms with Crippen molar-refractivity contribution in [1.82, 2.24) is 16.0 Å². The first kappa shape index (κ1) is 26.8. The van der Waals surface area contributed by atoms with E-state index in [0.29, 0.717) is 0 Å². The highest BCUT2D eigenvalue weighted by atomic mass is 16.4. The minimum atomic E-state index is -1.47. The number of carbonyl (C=O) groups excluding carboxylic acids is 3. The highest BCUT2D eigenvalue weighted by molar-refractivity contribution is 5.94. The maximum absolute atomic E-state index is 12.4. The zero-order chi connectivity index (χ0) is 23.6. The number of rotatable bonds is 13. The summed E-state index contributed by atoms with van der Waals surface area (Å²) in [7, 11) is 0. The van der Waals surface area contributed by atoms with Crippen molar-refractivity contribution in [2.75, 3.05) is 0 Å². The molecule has 0 fully saturated rings. The van der Waals surface area contributed by atoms with Gasteiger partial charge in [-0.1, -0.05) is 13.8 Å². The summed E-state index contributed by atoms with van der Waals surface area (Å²) in [6, 6.07) is -5.25. The van der Waals surface area contributed by atoms with Crippen LogP contribution in [0.4, 0.5) is 0 Å². The Morgan fingerprint density at radius 1 is 0.800 bits per heavy atom. The predicted octanol–water partition coefficient (Wildman–Crippen LogP) is -2.13. The molecule has 0 rings (SSSR count). The number of aliphatic carboxylic acids is 3. The van der Waals surface area contributed by atoms with Gasteiger partial charge in [-0.05, 0) is 19.3 Å². The van der Waals surface area contributed by atoms with Crippen LogP contribution < -0.4 is 21.7 Å². The normalized spacial score (nSPS) is 14.7. The Bertz CT molecular complexity index is 680. The Balaban J connectivity index is 5.15. The molecule has 0 radical (unpaired) electrons. The molecule has 0 aromatic rings. The molecule has 0 aromatic carbocycles. The summed E-state index contributed by atoms with van der Waals surface area (Å²) in [6.45, 7) is 4.44. The molecule has 0 saturated heterocycles. The molecule has 13 heteroatoms. The van der Waals surface area contributed by atoms with Crippen molar-refractivity contribution in [1.29, 1.82) is 0 Å². The average Bonchev–Trinajstić information content (AvgIpc) is 2.60. The maximum Gasteiger partial charge on any atom is 0.326 e. The zero-order valence-corrected chi connectivity index (χ0v) is 16.9. The molecule has 4 atom stereocenters. The van der Waals surface area contributed by atoms with Crippen LogP contribution in [0.3, 0.4) is 0 Å². The van der Waals surface area contributed by atoms with Crippen LogP contribution in [-0.4, -0.2) is 75.1 Å². The van der Waals surface area contributed by atoms with Crippen LogP contribution in [0.1, 0.15) is 40.0 Å². The lowest BCUT2D eigenvalue weighted by Crippen LogP contribution is -2.57. The lowest BCUT2D eigenvalue weighted by atomic mass is 10.0. The molecular weight excluding hydrogens is 404 g/mol. The summed E-state index contributed by atoms with van der Waals surface area (Å²) < 4.78 is 0. The van der Waals surface area contributed by atoms with E-state index in [4.69, 9.17) is 21.1 Å². The van der Waals surface area contributed by atoms with Crippen molar-refractivity contribution in [3.63, 3.8) is 0 Å². The third-order valence-electron chi connectivity index (χ3n) is 3.99. The largest absolute Gasteiger partial charge is 0.481 e.